The zero-order valence-electron chi connectivity index (χ0n) is 9.51. The second-order valence-corrected chi connectivity index (χ2v) is 3.87. The van der Waals surface area contributed by atoms with Crippen molar-refractivity contribution in [2.24, 2.45) is 0 Å². The topological polar surface area (TPSA) is 51.7 Å². The lowest BCUT2D eigenvalue weighted by atomic mass is 10.4. The first-order chi connectivity index (χ1) is 7.79. The van der Waals surface area contributed by atoms with Crippen molar-refractivity contribution >= 4 is 17.2 Å². The van der Waals surface area contributed by atoms with Crippen LogP contribution in [0.15, 0.2) is 10.9 Å². The van der Waals surface area contributed by atoms with E-state index in [1.54, 1.807) is 30.0 Å². The molecule has 1 amide bonds. The van der Waals surface area contributed by atoms with Crippen LogP contribution in [0.25, 0.3) is 0 Å². The number of methoxy groups -OCH3 is 2. The Labute approximate surface area is 99.0 Å². The molecule has 0 aromatic carbocycles. The molecule has 5 nitrogen and oxygen atoms in total. The van der Waals surface area contributed by atoms with Gasteiger partial charge in [0.25, 0.3) is 5.91 Å². The summed E-state index contributed by atoms with van der Waals surface area (Å²) in [5.74, 6) is -0.0737. The molecule has 6 heteroatoms. The maximum atomic E-state index is 12.0. The van der Waals surface area contributed by atoms with E-state index in [0.29, 0.717) is 32.0 Å². The Morgan fingerprint density at radius 2 is 2.00 bits per heavy atom. The number of hydrogen-bond acceptors (Lipinski definition) is 5. The number of aromatic nitrogens is 1. The molecule has 1 rings (SSSR count). The van der Waals surface area contributed by atoms with Crippen LogP contribution in [-0.4, -0.2) is 56.3 Å². The van der Waals surface area contributed by atoms with Gasteiger partial charge in [-0.3, -0.25) is 4.79 Å². The number of ether oxygens (including phenoxy) is 2. The van der Waals surface area contributed by atoms with Crippen molar-refractivity contribution in [3.8, 4) is 0 Å². The van der Waals surface area contributed by atoms with E-state index < -0.39 is 0 Å². The van der Waals surface area contributed by atoms with Crippen molar-refractivity contribution in [1.29, 1.82) is 0 Å². The first-order valence-electron chi connectivity index (χ1n) is 4.95. The maximum Gasteiger partial charge on any atom is 0.273 e. The number of thiazole rings is 1. The van der Waals surface area contributed by atoms with Gasteiger partial charge in [-0.25, -0.2) is 4.98 Å². The Hall–Kier alpha value is -0.980. The van der Waals surface area contributed by atoms with Crippen molar-refractivity contribution in [3.63, 3.8) is 0 Å². The minimum Gasteiger partial charge on any atom is -0.383 e. The van der Waals surface area contributed by atoms with Crippen LogP contribution in [0.4, 0.5) is 0 Å². The average molecular weight is 244 g/mol. The monoisotopic (exact) mass is 244 g/mol. The quantitative estimate of drug-likeness (QED) is 0.714. The number of nitrogens with zero attached hydrogens (tertiary/aromatic N) is 2. The highest BCUT2D eigenvalue weighted by atomic mass is 32.1. The second kappa shape index (κ2) is 7.32. The van der Waals surface area contributed by atoms with Crippen molar-refractivity contribution in [2.45, 2.75) is 0 Å². The largest absolute Gasteiger partial charge is 0.383 e. The molecule has 0 spiro atoms. The van der Waals surface area contributed by atoms with Crippen LogP contribution in [-0.2, 0) is 9.47 Å². The van der Waals surface area contributed by atoms with Crippen LogP contribution in [0.2, 0.25) is 0 Å². The van der Waals surface area contributed by atoms with Gasteiger partial charge in [-0.05, 0) is 0 Å². The molecule has 0 aliphatic rings. The summed E-state index contributed by atoms with van der Waals surface area (Å²) in [7, 11) is 3.23. The first kappa shape index (κ1) is 13.1. The standard InChI is InChI=1S/C10H16N2O3S/c1-14-5-3-12(4-6-15-2)10(13)9-7-16-8-11-9/h7-8H,3-6H2,1-2H3. The SMILES string of the molecule is COCCN(CCOC)C(=O)c1cscn1. The van der Waals surface area contributed by atoms with E-state index in [2.05, 4.69) is 4.98 Å². The summed E-state index contributed by atoms with van der Waals surface area (Å²) in [4.78, 5) is 17.7. The molecule has 0 bridgehead atoms. The minimum atomic E-state index is -0.0737. The van der Waals surface area contributed by atoms with Gasteiger partial charge in [0.1, 0.15) is 5.69 Å². The van der Waals surface area contributed by atoms with Gasteiger partial charge in [-0.2, -0.15) is 0 Å². The van der Waals surface area contributed by atoms with Gasteiger partial charge < -0.3 is 14.4 Å². The predicted molar refractivity (Wildman–Crippen MR) is 61.8 cm³/mol. The molecule has 0 saturated carbocycles. The molecule has 1 aromatic rings. The Balaban J connectivity index is 2.56. The molecular formula is C10H16N2O3S. The number of carbonyl (C=O) groups excluding carboxylic acids is 1. The third-order valence-electron chi connectivity index (χ3n) is 2.07. The smallest absolute Gasteiger partial charge is 0.273 e. The van der Waals surface area contributed by atoms with Crippen LogP contribution in [0, 0.1) is 0 Å². The van der Waals surface area contributed by atoms with E-state index in [-0.39, 0.29) is 5.91 Å². The summed E-state index contributed by atoms with van der Waals surface area (Å²) in [6.45, 7) is 2.13. The zero-order chi connectivity index (χ0) is 11.8. The Kier molecular flexibility index (Phi) is 5.99. The molecule has 0 N–H and O–H groups in total. The van der Waals surface area contributed by atoms with Crippen molar-refractivity contribution in [2.75, 3.05) is 40.5 Å². The highest BCUT2D eigenvalue weighted by Crippen LogP contribution is 2.05. The Morgan fingerprint density at radius 1 is 1.38 bits per heavy atom. The fraction of sp³-hybridized carbons (Fsp3) is 0.600. The lowest BCUT2D eigenvalue weighted by Crippen LogP contribution is -2.36. The molecule has 0 aliphatic carbocycles. The molecule has 0 fully saturated rings. The minimum absolute atomic E-state index is 0.0737. The number of carbonyl (C=O) groups is 1. The van der Waals surface area contributed by atoms with Gasteiger partial charge in [0.2, 0.25) is 0 Å². The van der Waals surface area contributed by atoms with Crippen molar-refractivity contribution in [3.05, 3.63) is 16.6 Å². The molecular weight excluding hydrogens is 228 g/mol. The normalized spacial score (nSPS) is 10.4. The molecule has 0 unspecified atom stereocenters. The van der Waals surface area contributed by atoms with Gasteiger partial charge in [0, 0.05) is 32.7 Å². The third kappa shape index (κ3) is 3.88. The Morgan fingerprint density at radius 3 is 2.44 bits per heavy atom. The van der Waals surface area contributed by atoms with E-state index in [1.807, 2.05) is 0 Å². The maximum absolute atomic E-state index is 12.0. The molecule has 16 heavy (non-hydrogen) atoms. The number of hydrogen-bond donors (Lipinski definition) is 0. The fourth-order valence-corrected chi connectivity index (χ4v) is 1.72. The van der Waals surface area contributed by atoms with E-state index in [4.69, 9.17) is 9.47 Å². The van der Waals surface area contributed by atoms with E-state index in [1.165, 1.54) is 11.3 Å². The lowest BCUT2D eigenvalue weighted by molar-refractivity contribution is 0.0622. The van der Waals surface area contributed by atoms with E-state index >= 15 is 0 Å². The van der Waals surface area contributed by atoms with Crippen molar-refractivity contribution in [1.82, 2.24) is 9.88 Å². The van der Waals surface area contributed by atoms with E-state index in [9.17, 15) is 4.79 Å². The zero-order valence-corrected chi connectivity index (χ0v) is 10.3. The molecule has 0 aliphatic heterocycles. The lowest BCUT2D eigenvalue weighted by Gasteiger charge is -2.20. The summed E-state index contributed by atoms with van der Waals surface area (Å²) in [6, 6.07) is 0. The van der Waals surface area contributed by atoms with Crippen LogP contribution in [0.5, 0.6) is 0 Å². The number of amides is 1. The van der Waals surface area contributed by atoms with Crippen LogP contribution in [0.1, 0.15) is 10.5 Å². The fourth-order valence-electron chi connectivity index (χ4n) is 1.20. The third-order valence-corrected chi connectivity index (χ3v) is 2.66. The average Bonchev–Trinajstić information content (AvgIpc) is 2.82. The van der Waals surface area contributed by atoms with Gasteiger partial charge in [0.15, 0.2) is 0 Å². The summed E-state index contributed by atoms with van der Waals surface area (Å²) >= 11 is 1.41. The molecule has 0 saturated heterocycles. The summed E-state index contributed by atoms with van der Waals surface area (Å²) in [5, 5.41) is 1.74. The van der Waals surface area contributed by atoms with Gasteiger partial charge >= 0.3 is 0 Å². The Bertz CT molecular complexity index is 295. The molecule has 1 heterocycles. The van der Waals surface area contributed by atoms with Gasteiger partial charge in [0.05, 0.1) is 18.7 Å². The van der Waals surface area contributed by atoms with Crippen LogP contribution in [0.3, 0.4) is 0 Å². The van der Waals surface area contributed by atoms with E-state index in [0.717, 1.165) is 0 Å². The number of rotatable bonds is 7. The van der Waals surface area contributed by atoms with Crippen LogP contribution < -0.4 is 0 Å². The van der Waals surface area contributed by atoms with Crippen LogP contribution >= 0.6 is 11.3 Å². The highest BCUT2D eigenvalue weighted by Gasteiger charge is 2.16. The highest BCUT2D eigenvalue weighted by molar-refractivity contribution is 7.07. The molecule has 0 atom stereocenters. The predicted octanol–water partition coefficient (Wildman–Crippen LogP) is 0.878. The van der Waals surface area contributed by atoms with Gasteiger partial charge in [-0.15, -0.1) is 11.3 Å². The molecule has 0 radical (unpaired) electrons. The second-order valence-electron chi connectivity index (χ2n) is 3.15. The first-order valence-corrected chi connectivity index (χ1v) is 5.89. The summed E-state index contributed by atoms with van der Waals surface area (Å²) < 4.78 is 9.93. The summed E-state index contributed by atoms with van der Waals surface area (Å²) in [5.41, 5.74) is 2.13. The molecule has 90 valence electrons. The van der Waals surface area contributed by atoms with Gasteiger partial charge in [-0.1, -0.05) is 0 Å². The van der Waals surface area contributed by atoms with Crippen molar-refractivity contribution < 1.29 is 14.3 Å². The summed E-state index contributed by atoms with van der Waals surface area (Å²) in [6.07, 6.45) is 0. The molecule has 1 aromatic heterocycles.